The molecule has 0 aliphatic carbocycles. The second-order valence-electron chi connectivity index (χ2n) is 15.7. The lowest BCUT2D eigenvalue weighted by Crippen LogP contribution is -2.57. The fourth-order valence-electron chi connectivity index (χ4n) is 9.28. The molecule has 17 heteroatoms. The first-order valence-corrected chi connectivity index (χ1v) is 19.2. The van der Waals surface area contributed by atoms with E-state index < -0.39 is 99.9 Å². The first-order valence-electron chi connectivity index (χ1n) is 19.2. The van der Waals surface area contributed by atoms with Crippen molar-refractivity contribution in [2.75, 3.05) is 0 Å². The molecule has 2 bridgehead atoms. The molecule has 0 unspecified atom stereocenters. The van der Waals surface area contributed by atoms with E-state index in [1.165, 1.54) is 48.5 Å². The number of phenols is 10. The summed E-state index contributed by atoms with van der Waals surface area (Å²) >= 11 is 0. The lowest BCUT2D eigenvalue weighted by molar-refractivity contribution is -0.219. The minimum atomic E-state index is -2.14. The second kappa shape index (κ2) is 13.5. The molecule has 0 amide bonds. The van der Waals surface area contributed by atoms with Crippen LogP contribution in [-0.2, 0) is 12.2 Å². The molecular weight excluding hydrogens is 812 g/mol. The number of hydrogen-bond donors (Lipinski definition) is 13. The minimum absolute atomic E-state index is 0.0124. The third-order valence-corrected chi connectivity index (χ3v) is 12.1. The Morgan fingerprint density at radius 3 is 1.66 bits per heavy atom. The Labute approximate surface area is 349 Å². The van der Waals surface area contributed by atoms with E-state index in [4.69, 9.17) is 18.9 Å². The van der Waals surface area contributed by atoms with Gasteiger partial charge in [-0.25, -0.2) is 0 Å². The summed E-state index contributed by atoms with van der Waals surface area (Å²) in [5, 5.41) is 145. The SMILES string of the molecule is Oc1ccc([C@@]23Oc4cc(O)cc(O)c4[C@@H](c4c(cc(O)c5c4O[C@H](c4ccc(O)c(O)c4)[C@H](O)[C@H]5c4c(O)cc(O)c5c4O[C@H](c4ccc(O)c(O)c4)[C@H](O)C5)O2)[C@H]3O)cc1. The summed E-state index contributed by atoms with van der Waals surface area (Å²) in [6, 6.07) is 17.1. The highest BCUT2D eigenvalue weighted by Crippen LogP contribution is 2.65. The Bertz CT molecular complexity index is 2840. The Kier molecular flexibility index (Phi) is 8.37. The van der Waals surface area contributed by atoms with Gasteiger partial charge in [-0.05, 0) is 59.7 Å². The van der Waals surface area contributed by atoms with Crippen molar-refractivity contribution >= 4 is 0 Å². The number of fused-ring (bicyclic) bond motifs is 9. The molecule has 13 N–H and O–H groups in total. The van der Waals surface area contributed by atoms with Gasteiger partial charge in [0.15, 0.2) is 29.1 Å². The number of phenolic OH excluding ortho intramolecular Hbond substituents is 10. The Morgan fingerprint density at radius 2 is 1.02 bits per heavy atom. The van der Waals surface area contributed by atoms with Gasteiger partial charge in [-0.15, -0.1) is 0 Å². The highest BCUT2D eigenvalue weighted by atomic mass is 16.7. The summed E-state index contributed by atoms with van der Waals surface area (Å²) in [7, 11) is 0. The molecule has 6 aromatic carbocycles. The Balaban J connectivity index is 1.25. The van der Waals surface area contributed by atoms with E-state index in [0.717, 1.165) is 36.4 Å². The maximum absolute atomic E-state index is 12.5. The van der Waals surface area contributed by atoms with Gasteiger partial charge in [0.1, 0.15) is 75.8 Å². The number of aliphatic hydroxyl groups is 3. The van der Waals surface area contributed by atoms with Gasteiger partial charge in [0.2, 0.25) is 0 Å². The molecule has 4 aliphatic heterocycles. The summed E-state index contributed by atoms with van der Waals surface area (Å²) < 4.78 is 25.8. The van der Waals surface area contributed by atoms with Crippen LogP contribution in [0.15, 0.2) is 84.9 Å². The van der Waals surface area contributed by atoms with E-state index in [1.807, 2.05) is 0 Å². The van der Waals surface area contributed by atoms with Crippen molar-refractivity contribution in [2.45, 2.75) is 54.6 Å². The monoisotopic (exact) mass is 848 g/mol. The van der Waals surface area contributed by atoms with Crippen molar-refractivity contribution in [3.8, 4) is 80.5 Å². The van der Waals surface area contributed by atoms with Gasteiger partial charge in [0.25, 0.3) is 0 Å². The number of aromatic hydroxyl groups is 10. The fourth-order valence-corrected chi connectivity index (χ4v) is 9.28. The molecule has 62 heavy (non-hydrogen) atoms. The topological polar surface area (TPSA) is 300 Å². The van der Waals surface area contributed by atoms with Crippen LogP contribution in [-0.4, -0.2) is 84.7 Å². The molecule has 8 atom stereocenters. The first-order chi connectivity index (χ1) is 29.6. The van der Waals surface area contributed by atoms with E-state index in [0.29, 0.717) is 0 Å². The van der Waals surface area contributed by atoms with Crippen LogP contribution in [0, 0.1) is 0 Å². The molecule has 4 heterocycles. The fraction of sp³-hybridized carbons (Fsp3) is 0.200. The van der Waals surface area contributed by atoms with Gasteiger partial charge in [-0.3, -0.25) is 0 Å². The smallest absolute Gasteiger partial charge is 0.305 e. The van der Waals surface area contributed by atoms with Gasteiger partial charge >= 0.3 is 5.79 Å². The number of benzene rings is 6. The van der Waals surface area contributed by atoms with E-state index in [9.17, 15) is 66.4 Å². The molecule has 4 aliphatic rings. The summed E-state index contributed by atoms with van der Waals surface area (Å²) in [5.74, 6) is -10.8. The van der Waals surface area contributed by atoms with Gasteiger partial charge < -0.3 is 85.3 Å². The predicted octanol–water partition coefficient (Wildman–Crippen LogP) is 4.54. The maximum Gasteiger partial charge on any atom is 0.305 e. The molecule has 17 nitrogen and oxygen atoms in total. The third kappa shape index (κ3) is 5.52. The highest BCUT2D eigenvalue weighted by molar-refractivity contribution is 5.72. The van der Waals surface area contributed by atoms with Crippen molar-refractivity contribution in [1.29, 1.82) is 0 Å². The zero-order valence-electron chi connectivity index (χ0n) is 31.8. The largest absolute Gasteiger partial charge is 0.508 e. The van der Waals surface area contributed by atoms with Gasteiger partial charge in [0, 0.05) is 64.1 Å². The zero-order chi connectivity index (χ0) is 43.7. The zero-order valence-corrected chi connectivity index (χ0v) is 31.8. The van der Waals surface area contributed by atoms with Gasteiger partial charge in [-0.1, -0.05) is 12.1 Å². The second-order valence-corrected chi connectivity index (χ2v) is 15.7. The molecule has 0 aromatic heterocycles. The minimum Gasteiger partial charge on any atom is -0.508 e. The standard InChI is InChI=1S/C45H36O17/c46-19-5-3-18(4-6-19)45-44(58)38(33-27(53)11-20(47)12-31(33)61-45)36-32(62-45)15-29(55)35-37(39(57)41(60-43(35)36)17-2-8-23(49)26(52)10-17)34-28(54)14-24(50)21-13-30(56)40(59-42(21)34)16-1-7-22(48)25(51)9-16/h1-12,14-15,30,37-41,44,46-58H,13H2/t30-,37+,38+,39-,40-,41-,44-,45-/m1/s1. The average molecular weight is 849 g/mol. The number of rotatable bonds is 4. The predicted molar refractivity (Wildman–Crippen MR) is 210 cm³/mol. The van der Waals surface area contributed by atoms with Crippen molar-refractivity contribution in [3.63, 3.8) is 0 Å². The number of aliphatic hydroxyl groups excluding tert-OH is 3. The van der Waals surface area contributed by atoms with E-state index in [-0.39, 0.29) is 79.7 Å². The molecule has 0 saturated carbocycles. The lowest BCUT2D eigenvalue weighted by Gasteiger charge is -2.51. The third-order valence-electron chi connectivity index (χ3n) is 12.1. The normalized spacial score (nSPS) is 25.4. The average Bonchev–Trinajstić information content (AvgIpc) is 3.21. The van der Waals surface area contributed by atoms with Crippen molar-refractivity contribution in [1.82, 2.24) is 0 Å². The first kappa shape index (κ1) is 38.6. The van der Waals surface area contributed by atoms with Gasteiger partial charge in [0.05, 0.1) is 17.9 Å². The van der Waals surface area contributed by atoms with E-state index >= 15 is 0 Å². The molecular formula is C45H36O17. The molecule has 0 spiro atoms. The summed E-state index contributed by atoms with van der Waals surface area (Å²) in [6.07, 6.45) is -8.06. The van der Waals surface area contributed by atoms with Crippen LogP contribution >= 0.6 is 0 Å². The van der Waals surface area contributed by atoms with E-state index in [1.54, 1.807) is 0 Å². The molecule has 318 valence electrons. The van der Waals surface area contributed by atoms with Crippen LogP contribution in [0.5, 0.6) is 80.5 Å². The van der Waals surface area contributed by atoms with Gasteiger partial charge in [-0.2, -0.15) is 0 Å². The molecule has 0 saturated heterocycles. The van der Waals surface area contributed by atoms with Crippen LogP contribution in [0.25, 0.3) is 0 Å². The van der Waals surface area contributed by atoms with Crippen LogP contribution in [0.4, 0.5) is 0 Å². The Morgan fingerprint density at radius 1 is 0.452 bits per heavy atom. The molecule has 10 rings (SSSR count). The summed E-state index contributed by atoms with van der Waals surface area (Å²) in [6.45, 7) is 0. The maximum atomic E-state index is 12.5. The van der Waals surface area contributed by atoms with E-state index in [2.05, 4.69) is 0 Å². The summed E-state index contributed by atoms with van der Waals surface area (Å²) in [5.41, 5.74) is -0.0983. The van der Waals surface area contributed by atoms with Crippen molar-refractivity contribution in [3.05, 3.63) is 129 Å². The highest BCUT2D eigenvalue weighted by Gasteiger charge is 2.61. The quantitative estimate of drug-likeness (QED) is 0.108. The van der Waals surface area contributed by atoms with Crippen LogP contribution in [0.2, 0.25) is 0 Å². The molecule has 0 fully saturated rings. The van der Waals surface area contributed by atoms with Crippen LogP contribution in [0.1, 0.15) is 68.6 Å². The van der Waals surface area contributed by atoms with Crippen molar-refractivity contribution in [2.24, 2.45) is 0 Å². The number of hydrogen-bond acceptors (Lipinski definition) is 17. The van der Waals surface area contributed by atoms with Crippen LogP contribution in [0.3, 0.4) is 0 Å². The lowest BCUT2D eigenvalue weighted by atomic mass is 9.71. The molecule has 0 radical (unpaired) electrons. The van der Waals surface area contributed by atoms with Crippen molar-refractivity contribution < 1.29 is 85.3 Å². The Hall–Kier alpha value is -7.60. The summed E-state index contributed by atoms with van der Waals surface area (Å²) in [4.78, 5) is 0. The number of ether oxygens (including phenoxy) is 4. The van der Waals surface area contributed by atoms with Crippen LogP contribution < -0.4 is 18.9 Å². The molecule has 6 aromatic rings.